The lowest BCUT2D eigenvalue weighted by Crippen LogP contribution is -1.80. The second kappa shape index (κ2) is 5.10. The Morgan fingerprint density at radius 2 is 1.64 bits per heavy atom. The minimum Gasteiger partial charge on any atom is -0.276 e. The maximum Gasteiger partial charge on any atom is 0.245 e. The fraction of sp³-hybridized carbons (Fsp3) is 0.143. The number of rotatable bonds is 3. The van der Waals surface area contributed by atoms with E-state index in [1.807, 2.05) is 0 Å². The molecule has 0 aromatic carbocycles. The molecule has 0 aromatic heterocycles. The van der Waals surface area contributed by atoms with Crippen molar-refractivity contribution in [3.05, 3.63) is 23.8 Å². The van der Waals surface area contributed by atoms with E-state index in [9.17, 15) is 9.59 Å². The first-order valence-corrected chi connectivity index (χ1v) is 3.53. The molecule has 0 atom stereocenters. The fourth-order valence-corrected chi connectivity index (χ4v) is 0.659. The van der Waals surface area contributed by atoms with Crippen LogP contribution in [0.15, 0.2) is 23.8 Å². The second-order valence-corrected chi connectivity index (χ2v) is 2.57. The summed E-state index contributed by atoms with van der Waals surface area (Å²) in [5.74, 6) is 0. The van der Waals surface area contributed by atoms with Crippen LogP contribution in [0.2, 0.25) is 0 Å². The van der Waals surface area contributed by atoms with Gasteiger partial charge in [0.25, 0.3) is 0 Å². The normalized spacial score (nSPS) is 12.1. The fourth-order valence-electron chi connectivity index (χ4n) is 0.424. The van der Waals surface area contributed by atoms with Crippen molar-refractivity contribution in [2.24, 2.45) is 0 Å². The van der Waals surface area contributed by atoms with Crippen LogP contribution in [-0.4, -0.2) is 10.5 Å². The van der Waals surface area contributed by atoms with E-state index in [0.29, 0.717) is 5.57 Å². The molecular formula is C7H6Cl2O2. The van der Waals surface area contributed by atoms with Crippen molar-refractivity contribution >= 4 is 33.7 Å². The molecule has 0 bridgehead atoms. The molecule has 60 valence electrons. The molecule has 11 heavy (non-hydrogen) atoms. The molecule has 0 aliphatic heterocycles. The molecule has 0 spiro atoms. The van der Waals surface area contributed by atoms with Crippen molar-refractivity contribution in [2.75, 3.05) is 0 Å². The zero-order valence-electron chi connectivity index (χ0n) is 5.80. The molecule has 0 saturated heterocycles. The van der Waals surface area contributed by atoms with Crippen LogP contribution in [-0.2, 0) is 9.59 Å². The topological polar surface area (TPSA) is 34.1 Å². The molecule has 0 radical (unpaired) electrons. The monoisotopic (exact) mass is 192 g/mol. The molecule has 0 saturated carbocycles. The molecule has 0 aromatic rings. The van der Waals surface area contributed by atoms with Gasteiger partial charge in [-0.3, -0.25) is 9.59 Å². The molecule has 0 rings (SSSR count). The van der Waals surface area contributed by atoms with Crippen LogP contribution in [0, 0.1) is 0 Å². The van der Waals surface area contributed by atoms with Gasteiger partial charge in [0, 0.05) is 6.08 Å². The summed E-state index contributed by atoms with van der Waals surface area (Å²) in [5.41, 5.74) is 0.582. The van der Waals surface area contributed by atoms with Crippen LogP contribution in [0.4, 0.5) is 0 Å². The number of halogens is 2. The zero-order valence-corrected chi connectivity index (χ0v) is 7.32. The Morgan fingerprint density at radius 3 is 2.00 bits per heavy atom. The third-order valence-electron chi connectivity index (χ3n) is 0.818. The Bertz CT molecular complexity index is 229. The van der Waals surface area contributed by atoms with Crippen LogP contribution in [0.25, 0.3) is 0 Å². The van der Waals surface area contributed by atoms with Crippen LogP contribution in [0.1, 0.15) is 6.92 Å². The van der Waals surface area contributed by atoms with Gasteiger partial charge in [0.1, 0.15) is 0 Å². The van der Waals surface area contributed by atoms with E-state index in [2.05, 4.69) is 0 Å². The Balaban J connectivity index is 4.17. The smallest absolute Gasteiger partial charge is 0.245 e. The lowest BCUT2D eigenvalue weighted by atomic mass is 10.3. The first-order chi connectivity index (χ1) is 5.02. The zero-order chi connectivity index (χ0) is 8.85. The summed E-state index contributed by atoms with van der Waals surface area (Å²) in [7, 11) is 0. The highest BCUT2D eigenvalue weighted by atomic mass is 35.5. The van der Waals surface area contributed by atoms with Gasteiger partial charge in [0.05, 0.1) is 0 Å². The van der Waals surface area contributed by atoms with E-state index in [1.54, 1.807) is 6.92 Å². The van der Waals surface area contributed by atoms with E-state index in [4.69, 9.17) is 23.2 Å². The predicted octanol–water partition coefficient (Wildman–Crippen LogP) is 2.02. The van der Waals surface area contributed by atoms with E-state index in [0.717, 1.165) is 6.08 Å². The van der Waals surface area contributed by atoms with Gasteiger partial charge in [-0.25, -0.2) is 0 Å². The second-order valence-electron chi connectivity index (χ2n) is 1.83. The summed E-state index contributed by atoms with van der Waals surface area (Å²) in [4.78, 5) is 20.4. The third kappa shape index (κ3) is 7.30. The molecule has 2 nitrogen and oxygen atoms in total. The molecule has 0 amide bonds. The minimum atomic E-state index is -0.584. The standard InChI is InChI=1S/C7H6Cl2O2/c1-5(4-7(9)11)2-3-6(8)10/h2-4H,1H3. The number of carbonyl (C=O) groups is 2. The summed E-state index contributed by atoms with van der Waals surface area (Å²) in [6, 6.07) is 0. The molecule has 4 heteroatoms. The van der Waals surface area contributed by atoms with E-state index in [-0.39, 0.29) is 0 Å². The molecule has 0 aliphatic rings. The highest BCUT2D eigenvalue weighted by Crippen LogP contribution is 1.97. The molecule has 0 aliphatic carbocycles. The SMILES string of the molecule is CC(C=CC(=O)Cl)=CC(=O)Cl. The highest BCUT2D eigenvalue weighted by Gasteiger charge is 1.90. The Kier molecular flexibility index (Phi) is 4.83. The van der Waals surface area contributed by atoms with Gasteiger partial charge >= 0.3 is 0 Å². The van der Waals surface area contributed by atoms with Gasteiger partial charge in [0.15, 0.2) is 0 Å². The van der Waals surface area contributed by atoms with Gasteiger partial charge in [0.2, 0.25) is 10.5 Å². The van der Waals surface area contributed by atoms with Crippen molar-refractivity contribution in [1.29, 1.82) is 0 Å². The maximum atomic E-state index is 10.2. The summed E-state index contributed by atoms with van der Waals surface area (Å²) in [5, 5.41) is -1.16. The predicted molar refractivity (Wildman–Crippen MR) is 44.6 cm³/mol. The van der Waals surface area contributed by atoms with Crippen LogP contribution in [0.3, 0.4) is 0 Å². The maximum absolute atomic E-state index is 10.2. The quantitative estimate of drug-likeness (QED) is 0.390. The van der Waals surface area contributed by atoms with E-state index in [1.165, 1.54) is 12.2 Å². The van der Waals surface area contributed by atoms with Crippen LogP contribution < -0.4 is 0 Å². The van der Waals surface area contributed by atoms with Crippen molar-refractivity contribution in [3.8, 4) is 0 Å². The Hall–Kier alpha value is -0.600. The van der Waals surface area contributed by atoms with Crippen LogP contribution >= 0.6 is 23.2 Å². The highest BCUT2D eigenvalue weighted by molar-refractivity contribution is 6.67. The largest absolute Gasteiger partial charge is 0.276 e. The number of allylic oxidation sites excluding steroid dienone is 4. The number of hydrogen-bond donors (Lipinski definition) is 0. The van der Waals surface area contributed by atoms with Gasteiger partial charge in [-0.2, -0.15) is 0 Å². The molecular weight excluding hydrogens is 187 g/mol. The van der Waals surface area contributed by atoms with Crippen molar-refractivity contribution in [3.63, 3.8) is 0 Å². The van der Waals surface area contributed by atoms with Gasteiger partial charge in [-0.15, -0.1) is 0 Å². The van der Waals surface area contributed by atoms with Gasteiger partial charge in [-0.1, -0.05) is 6.08 Å². The molecule has 0 unspecified atom stereocenters. The average Bonchev–Trinajstić information content (AvgIpc) is 1.82. The molecule has 0 fully saturated rings. The van der Waals surface area contributed by atoms with Crippen LogP contribution in [0.5, 0.6) is 0 Å². The van der Waals surface area contributed by atoms with Crippen molar-refractivity contribution in [2.45, 2.75) is 6.92 Å². The Morgan fingerprint density at radius 1 is 1.09 bits per heavy atom. The van der Waals surface area contributed by atoms with Gasteiger partial charge in [-0.05, 0) is 41.8 Å². The first kappa shape index (κ1) is 10.4. The Labute approximate surface area is 74.5 Å². The van der Waals surface area contributed by atoms with E-state index >= 15 is 0 Å². The van der Waals surface area contributed by atoms with E-state index < -0.39 is 10.5 Å². The number of carbonyl (C=O) groups excluding carboxylic acids is 2. The summed E-state index contributed by atoms with van der Waals surface area (Å²) < 4.78 is 0. The minimum absolute atomic E-state index is 0.575. The average molecular weight is 193 g/mol. The van der Waals surface area contributed by atoms with Crippen molar-refractivity contribution in [1.82, 2.24) is 0 Å². The van der Waals surface area contributed by atoms with Crippen molar-refractivity contribution < 1.29 is 9.59 Å². The lowest BCUT2D eigenvalue weighted by Gasteiger charge is -1.85. The van der Waals surface area contributed by atoms with Gasteiger partial charge < -0.3 is 0 Å². The summed E-state index contributed by atoms with van der Waals surface area (Å²) in [6.07, 6.45) is 3.75. The lowest BCUT2D eigenvalue weighted by molar-refractivity contribution is -0.108. The summed E-state index contributed by atoms with van der Waals surface area (Å²) >= 11 is 10.0. The number of hydrogen-bond acceptors (Lipinski definition) is 2. The first-order valence-electron chi connectivity index (χ1n) is 2.77. The third-order valence-corrected chi connectivity index (χ3v) is 1.05. The molecule has 0 heterocycles. The summed E-state index contributed by atoms with van der Waals surface area (Å²) in [6.45, 7) is 1.64. The molecule has 0 N–H and O–H groups in total.